The summed E-state index contributed by atoms with van der Waals surface area (Å²) in [4.78, 5) is 11.9. The SMILES string of the molecule is CC(C)(C)CC1CC(=O)Nc2cccc(Cl)c2N1. The Morgan fingerprint density at radius 2 is 2.11 bits per heavy atom. The summed E-state index contributed by atoms with van der Waals surface area (Å²) in [5, 5.41) is 6.94. The largest absolute Gasteiger partial charge is 0.379 e. The average molecular weight is 267 g/mol. The molecule has 98 valence electrons. The summed E-state index contributed by atoms with van der Waals surface area (Å²) in [6, 6.07) is 5.66. The number of carbonyl (C=O) groups is 1. The molecule has 1 atom stereocenters. The van der Waals surface area contributed by atoms with Crippen LogP contribution in [-0.4, -0.2) is 11.9 Å². The monoisotopic (exact) mass is 266 g/mol. The van der Waals surface area contributed by atoms with Crippen LogP contribution in [0, 0.1) is 5.41 Å². The van der Waals surface area contributed by atoms with Gasteiger partial charge in [0.2, 0.25) is 5.91 Å². The topological polar surface area (TPSA) is 41.1 Å². The highest BCUT2D eigenvalue weighted by Crippen LogP contribution is 2.35. The molecule has 0 aliphatic carbocycles. The number of rotatable bonds is 1. The van der Waals surface area contributed by atoms with Crippen LogP contribution in [0.5, 0.6) is 0 Å². The molecule has 18 heavy (non-hydrogen) atoms. The molecule has 0 spiro atoms. The van der Waals surface area contributed by atoms with E-state index in [1.165, 1.54) is 0 Å². The molecule has 0 radical (unpaired) electrons. The Bertz CT molecular complexity index is 465. The first-order chi connectivity index (χ1) is 8.35. The van der Waals surface area contributed by atoms with E-state index in [9.17, 15) is 4.79 Å². The Hall–Kier alpha value is -1.22. The minimum atomic E-state index is 0.0396. The van der Waals surface area contributed by atoms with E-state index in [1.807, 2.05) is 18.2 Å². The molecule has 1 aliphatic rings. The van der Waals surface area contributed by atoms with Crippen molar-refractivity contribution in [2.24, 2.45) is 5.41 Å². The minimum Gasteiger partial charge on any atom is -0.379 e. The lowest BCUT2D eigenvalue weighted by Crippen LogP contribution is -2.27. The van der Waals surface area contributed by atoms with Crippen molar-refractivity contribution in [1.82, 2.24) is 0 Å². The van der Waals surface area contributed by atoms with Gasteiger partial charge < -0.3 is 10.6 Å². The Morgan fingerprint density at radius 1 is 1.39 bits per heavy atom. The predicted molar refractivity (Wildman–Crippen MR) is 76.2 cm³/mol. The van der Waals surface area contributed by atoms with Gasteiger partial charge in [-0.1, -0.05) is 38.4 Å². The second-order valence-corrected chi connectivity index (χ2v) is 6.43. The molecule has 2 rings (SSSR count). The average Bonchev–Trinajstić information content (AvgIpc) is 2.34. The zero-order valence-electron chi connectivity index (χ0n) is 11.0. The van der Waals surface area contributed by atoms with Gasteiger partial charge >= 0.3 is 0 Å². The highest BCUT2D eigenvalue weighted by atomic mass is 35.5. The fourth-order valence-corrected chi connectivity index (χ4v) is 2.55. The molecule has 1 unspecified atom stereocenters. The number of benzene rings is 1. The Morgan fingerprint density at radius 3 is 2.78 bits per heavy atom. The Labute approximate surface area is 113 Å². The zero-order chi connectivity index (χ0) is 13.3. The number of halogens is 1. The van der Waals surface area contributed by atoms with Crippen molar-refractivity contribution in [2.75, 3.05) is 10.6 Å². The number of hydrogen-bond acceptors (Lipinski definition) is 2. The van der Waals surface area contributed by atoms with Crippen LogP contribution in [0.4, 0.5) is 11.4 Å². The fourth-order valence-electron chi connectivity index (χ4n) is 2.32. The molecule has 4 heteroatoms. The molecule has 0 saturated carbocycles. The van der Waals surface area contributed by atoms with E-state index in [0.29, 0.717) is 11.4 Å². The fraction of sp³-hybridized carbons (Fsp3) is 0.500. The van der Waals surface area contributed by atoms with Crippen molar-refractivity contribution in [3.05, 3.63) is 23.2 Å². The second-order valence-electron chi connectivity index (χ2n) is 6.02. The van der Waals surface area contributed by atoms with Gasteiger partial charge in [-0.05, 0) is 24.0 Å². The maximum absolute atomic E-state index is 11.9. The number of fused-ring (bicyclic) bond motifs is 1. The number of anilines is 2. The molecule has 0 saturated heterocycles. The smallest absolute Gasteiger partial charge is 0.226 e. The van der Waals surface area contributed by atoms with E-state index in [4.69, 9.17) is 11.6 Å². The first-order valence-electron chi connectivity index (χ1n) is 6.20. The van der Waals surface area contributed by atoms with Crippen molar-refractivity contribution in [1.29, 1.82) is 0 Å². The van der Waals surface area contributed by atoms with Gasteiger partial charge in [0.15, 0.2) is 0 Å². The van der Waals surface area contributed by atoms with E-state index < -0.39 is 0 Å². The normalized spacial score (nSPS) is 19.6. The second kappa shape index (κ2) is 4.81. The van der Waals surface area contributed by atoms with Crippen LogP contribution in [0.3, 0.4) is 0 Å². The van der Waals surface area contributed by atoms with Crippen LogP contribution in [0.15, 0.2) is 18.2 Å². The first-order valence-corrected chi connectivity index (χ1v) is 6.58. The number of amides is 1. The molecular weight excluding hydrogens is 248 g/mol. The van der Waals surface area contributed by atoms with Gasteiger partial charge in [0, 0.05) is 12.5 Å². The summed E-state index contributed by atoms with van der Waals surface area (Å²) in [6.45, 7) is 6.51. The van der Waals surface area contributed by atoms with E-state index >= 15 is 0 Å². The van der Waals surface area contributed by atoms with E-state index in [1.54, 1.807) is 0 Å². The third kappa shape index (κ3) is 3.16. The zero-order valence-corrected chi connectivity index (χ0v) is 11.8. The molecule has 2 N–H and O–H groups in total. The van der Waals surface area contributed by atoms with E-state index in [-0.39, 0.29) is 17.4 Å². The maximum Gasteiger partial charge on any atom is 0.226 e. The van der Waals surface area contributed by atoms with Crippen molar-refractivity contribution >= 4 is 28.9 Å². The molecule has 1 amide bonds. The van der Waals surface area contributed by atoms with Crippen molar-refractivity contribution < 1.29 is 4.79 Å². The van der Waals surface area contributed by atoms with Crippen molar-refractivity contribution in [2.45, 2.75) is 39.7 Å². The molecule has 1 heterocycles. The summed E-state index contributed by atoms with van der Waals surface area (Å²) < 4.78 is 0. The van der Waals surface area contributed by atoms with E-state index in [2.05, 4.69) is 31.4 Å². The van der Waals surface area contributed by atoms with Gasteiger partial charge in [0.1, 0.15) is 0 Å². The van der Waals surface area contributed by atoms with Gasteiger partial charge in [0.05, 0.1) is 16.4 Å². The molecule has 1 aromatic rings. The quantitative estimate of drug-likeness (QED) is 0.809. The molecule has 1 aliphatic heterocycles. The molecular formula is C14H19ClN2O. The molecule has 0 bridgehead atoms. The van der Waals surface area contributed by atoms with Crippen LogP contribution >= 0.6 is 11.6 Å². The predicted octanol–water partition coefficient (Wildman–Crippen LogP) is 3.90. The van der Waals surface area contributed by atoms with Gasteiger partial charge in [-0.25, -0.2) is 0 Å². The Kier molecular flexibility index (Phi) is 3.53. The van der Waals surface area contributed by atoms with Gasteiger partial charge in [-0.3, -0.25) is 4.79 Å². The van der Waals surface area contributed by atoms with Crippen LogP contribution in [0.2, 0.25) is 5.02 Å². The standard InChI is InChI=1S/C14H19ClN2O/c1-14(2,3)8-9-7-12(18)17-11-6-4-5-10(15)13(11)16-9/h4-6,9,16H,7-8H2,1-3H3,(H,17,18). The molecule has 1 aromatic carbocycles. The number of carbonyl (C=O) groups excluding carboxylic acids is 1. The minimum absolute atomic E-state index is 0.0396. The van der Waals surface area contributed by atoms with E-state index in [0.717, 1.165) is 17.8 Å². The maximum atomic E-state index is 11.9. The van der Waals surface area contributed by atoms with Gasteiger partial charge in [0.25, 0.3) is 0 Å². The van der Waals surface area contributed by atoms with Gasteiger partial charge in [-0.2, -0.15) is 0 Å². The summed E-state index contributed by atoms with van der Waals surface area (Å²) in [6.07, 6.45) is 1.40. The lowest BCUT2D eigenvalue weighted by Gasteiger charge is -2.26. The first kappa shape index (κ1) is 13.2. The van der Waals surface area contributed by atoms with Crippen LogP contribution in [-0.2, 0) is 4.79 Å². The van der Waals surface area contributed by atoms with Crippen LogP contribution in [0.25, 0.3) is 0 Å². The highest BCUT2D eigenvalue weighted by molar-refractivity contribution is 6.34. The summed E-state index contributed by atoms with van der Waals surface area (Å²) in [5.74, 6) is 0.0396. The number of hydrogen-bond donors (Lipinski definition) is 2. The lowest BCUT2D eigenvalue weighted by molar-refractivity contribution is -0.116. The third-order valence-electron chi connectivity index (χ3n) is 2.93. The lowest BCUT2D eigenvalue weighted by atomic mass is 9.87. The summed E-state index contributed by atoms with van der Waals surface area (Å²) in [5.41, 5.74) is 1.77. The van der Waals surface area contributed by atoms with Crippen molar-refractivity contribution in [3.8, 4) is 0 Å². The highest BCUT2D eigenvalue weighted by Gasteiger charge is 2.25. The third-order valence-corrected chi connectivity index (χ3v) is 3.24. The number of nitrogens with one attached hydrogen (secondary N) is 2. The van der Waals surface area contributed by atoms with Crippen LogP contribution in [0.1, 0.15) is 33.6 Å². The van der Waals surface area contributed by atoms with Crippen LogP contribution < -0.4 is 10.6 Å². The molecule has 3 nitrogen and oxygen atoms in total. The molecule has 0 fully saturated rings. The number of para-hydroxylation sites is 1. The summed E-state index contributed by atoms with van der Waals surface area (Å²) in [7, 11) is 0. The molecule has 0 aromatic heterocycles. The van der Waals surface area contributed by atoms with Crippen molar-refractivity contribution in [3.63, 3.8) is 0 Å². The van der Waals surface area contributed by atoms with Gasteiger partial charge in [-0.15, -0.1) is 0 Å². The summed E-state index contributed by atoms with van der Waals surface area (Å²) >= 11 is 6.19. The Balaban J connectivity index is 2.29.